The Morgan fingerprint density at radius 3 is 2.86 bits per heavy atom. The van der Waals surface area contributed by atoms with Crippen molar-refractivity contribution >= 4 is 44.1 Å². The lowest BCUT2D eigenvalue weighted by atomic mass is 10.1. The summed E-state index contributed by atoms with van der Waals surface area (Å²) in [5, 5.41) is 5.13. The molecule has 106 valence electrons. The van der Waals surface area contributed by atoms with Crippen LogP contribution in [0.1, 0.15) is 11.1 Å². The van der Waals surface area contributed by atoms with Crippen molar-refractivity contribution in [3.63, 3.8) is 0 Å². The second-order valence-corrected chi connectivity index (χ2v) is 6.19. The number of benzene rings is 2. The summed E-state index contributed by atoms with van der Waals surface area (Å²) in [6.45, 7) is 2.82. The Balaban J connectivity index is 1.88. The predicted octanol–water partition coefficient (Wildman–Crippen LogP) is 5.57. The lowest BCUT2D eigenvalue weighted by molar-refractivity contribution is 1.14. The summed E-state index contributed by atoms with van der Waals surface area (Å²) in [6.07, 6.45) is 1.78. The summed E-state index contributed by atoms with van der Waals surface area (Å²) < 4.78 is 1.13. The van der Waals surface area contributed by atoms with Crippen LogP contribution >= 0.6 is 27.5 Å². The Kier molecular flexibility index (Phi) is 4.13. The highest BCUT2D eigenvalue weighted by atomic mass is 79.9. The highest BCUT2D eigenvalue weighted by molar-refractivity contribution is 9.10. The monoisotopic (exact) mass is 360 g/mol. The molecule has 4 heteroatoms. The van der Waals surface area contributed by atoms with Crippen LogP contribution in [-0.4, -0.2) is 4.98 Å². The van der Waals surface area contributed by atoms with E-state index in [9.17, 15) is 0 Å². The summed E-state index contributed by atoms with van der Waals surface area (Å²) >= 11 is 9.77. The molecule has 1 heterocycles. The highest BCUT2D eigenvalue weighted by Gasteiger charge is 2.05. The zero-order valence-corrected chi connectivity index (χ0v) is 13.9. The lowest BCUT2D eigenvalue weighted by Gasteiger charge is -2.11. The number of aromatic nitrogens is 1. The van der Waals surface area contributed by atoms with Crippen LogP contribution in [-0.2, 0) is 6.54 Å². The van der Waals surface area contributed by atoms with Crippen molar-refractivity contribution in [1.82, 2.24) is 4.98 Å². The molecule has 0 aliphatic heterocycles. The van der Waals surface area contributed by atoms with E-state index in [0.29, 0.717) is 0 Å². The molecule has 0 spiro atoms. The van der Waals surface area contributed by atoms with Gasteiger partial charge in [0, 0.05) is 22.6 Å². The van der Waals surface area contributed by atoms with Crippen molar-refractivity contribution in [3.05, 3.63) is 69.3 Å². The Labute approximate surface area is 137 Å². The third-order valence-corrected chi connectivity index (χ3v) is 4.62. The molecular weight excluding hydrogens is 348 g/mol. The SMILES string of the molecule is Cc1ccc(CNc2ccc(Cl)c3cccnc23)cc1Br. The van der Waals surface area contributed by atoms with Crippen molar-refractivity contribution in [3.8, 4) is 0 Å². The van der Waals surface area contributed by atoms with E-state index in [0.717, 1.165) is 32.6 Å². The Bertz CT molecular complexity index is 802. The van der Waals surface area contributed by atoms with Crippen LogP contribution < -0.4 is 5.32 Å². The number of nitrogens with zero attached hydrogens (tertiary/aromatic N) is 1. The Morgan fingerprint density at radius 1 is 1.19 bits per heavy atom. The smallest absolute Gasteiger partial charge is 0.0948 e. The van der Waals surface area contributed by atoms with Gasteiger partial charge in [-0.25, -0.2) is 0 Å². The average molecular weight is 362 g/mol. The van der Waals surface area contributed by atoms with Gasteiger partial charge in [-0.05, 0) is 48.4 Å². The maximum absolute atomic E-state index is 6.21. The normalized spacial score (nSPS) is 10.8. The van der Waals surface area contributed by atoms with Gasteiger partial charge in [0.05, 0.1) is 16.2 Å². The van der Waals surface area contributed by atoms with E-state index >= 15 is 0 Å². The van der Waals surface area contributed by atoms with E-state index in [-0.39, 0.29) is 0 Å². The molecule has 2 aromatic carbocycles. The lowest BCUT2D eigenvalue weighted by Crippen LogP contribution is -2.01. The van der Waals surface area contributed by atoms with Gasteiger partial charge in [0.25, 0.3) is 0 Å². The highest BCUT2D eigenvalue weighted by Crippen LogP contribution is 2.28. The minimum absolute atomic E-state index is 0.724. The standard InChI is InChI=1S/C17H14BrClN2/c1-11-4-5-12(9-14(11)18)10-21-16-7-6-15(19)13-3-2-8-20-17(13)16/h2-9,21H,10H2,1H3. The van der Waals surface area contributed by atoms with E-state index in [1.165, 1.54) is 11.1 Å². The van der Waals surface area contributed by atoms with Gasteiger partial charge in [-0.3, -0.25) is 4.98 Å². The molecule has 0 fully saturated rings. The molecule has 21 heavy (non-hydrogen) atoms. The fourth-order valence-corrected chi connectivity index (χ4v) is 2.87. The molecule has 0 bridgehead atoms. The van der Waals surface area contributed by atoms with Crippen molar-refractivity contribution in [2.24, 2.45) is 0 Å². The van der Waals surface area contributed by atoms with Crippen molar-refractivity contribution in [2.75, 3.05) is 5.32 Å². The van der Waals surface area contributed by atoms with Gasteiger partial charge in [0.15, 0.2) is 0 Å². The summed E-state index contributed by atoms with van der Waals surface area (Å²) in [7, 11) is 0. The third kappa shape index (κ3) is 3.04. The number of aryl methyl sites for hydroxylation is 1. The molecule has 1 N–H and O–H groups in total. The Morgan fingerprint density at radius 2 is 2.05 bits per heavy atom. The van der Waals surface area contributed by atoms with Crippen molar-refractivity contribution < 1.29 is 0 Å². The molecule has 1 aromatic heterocycles. The molecule has 0 aliphatic rings. The second kappa shape index (κ2) is 6.04. The maximum atomic E-state index is 6.21. The quantitative estimate of drug-likeness (QED) is 0.659. The summed E-state index contributed by atoms with van der Waals surface area (Å²) in [4.78, 5) is 4.43. The van der Waals surface area contributed by atoms with Crippen LogP contribution in [0.4, 0.5) is 5.69 Å². The minimum Gasteiger partial charge on any atom is -0.379 e. The van der Waals surface area contributed by atoms with Gasteiger partial charge >= 0.3 is 0 Å². The van der Waals surface area contributed by atoms with Crippen LogP contribution in [0, 0.1) is 6.92 Å². The molecule has 0 aliphatic carbocycles. The molecule has 0 saturated carbocycles. The van der Waals surface area contributed by atoms with Gasteiger partial charge in [-0.2, -0.15) is 0 Å². The van der Waals surface area contributed by atoms with Gasteiger partial charge < -0.3 is 5.32 Å². The molecule has 3 rings (SSSR count). The number of anilines is 1. The predicted molar refractivity (Wildman–Crippen MR) is 93.0 cm³/mol. The number of hydrogen-bond donors (Lipinski definition) is 1. The minimum atomic E-state index is 0.724. The molecule has 0 atom stereocenters. The van der Waals surface area contributed by atoms with Crippen LogP contribution in [0.2, 0.25) is 5.02 Å². The number of nitrogens with one attached hydrogen (secondary N) is 1. The Hall–Kier alpha value is -1.58. The topological polar surface area (TPSA) is 24.9 Å². The first-order valence-electron chi connectivity index (χ1n) is 6.67. The number of halogens is 2. The van der Waals surface area contributed by atoms with Gasteiger partial charge in [0.1, 0.15) is 0 Å². The molecule has 3 aromatic rings. The van der Waals surface area contributed by atoms with E-state index < -0.39 is 0 Å². The molecule has 0 amide bonds. The first kappa shape index (κ1) is 14.4. The zero-order valence-electron chi connectivity index (χ0n) is 11.5. The number of hydrogen-bond acceptors (Lipinski definition) is 2. The summed E-state index contributed by atoms with van der Waals surface area (Å²) in [5.41, 5.74) is 4.34. The fraction of sp³-hybridized carbons (Fsp3) is 0.118. The third-order valence-electron chi connectivity index (χ3n) is 3.44. The molecule has 0 unspecified atom stereocenters. The zero-order chi connectivity index (χ0) is 14.8. The van der Waals surface area contributed by atoms with Crippen molar-refractivity contribution in [2.45, 2.75) is 13.5 Å². The van der Waals surface area contributed by atoms with Gasteiger partial charge in [-0.15, -0.1) is 0 Å². The summed E-state index contributed by atoms with van der Waals surface area (Å²) in [5.74, 6) is 0. The molecule has 0 saturated heterocycles. The van der Waals surface area contributed by atoms with Crippen molar-refractivity contribution in [1.29, 1.82) is 0 Å². The van der Waals surface area contributed by atoms with Gasteiger partial charge in [0.2, 0.25) is 0 Å². The number of rotatable bonds is 3. The number of pyridine rings is 1. The van der Waals surface area contributed by atoms with E-state index in [1.54, 1.807) is 6.20 Å². The first-order chi connectivity index (χ1) is 10.1. The van der Waals surface area contributed by atoms with Gasteiger partial charge in [-0.1, -0.05) is 39.7 Å². The fourth-order valence-electron chi connectivity index (χ4n) is 2.22. The van der Waals surface area contributed by atoms with Crippen LogP contribution in [0.15, 0.2) is 53.1 Å². The second-order valence-electron chi connectivity index (χ2n) is 4.93. The maximum Gasteiger partial charge on any atom is 0.0948 e. The van der Waals surface area contributed by atoms with E-state index in [1.807, 2.05) is 24.3 Å². The van der Waals surface area contributed by atoms with E-state index in [2.05, 4.69) is 51.4 Å². The van der Waals surface area contributed by atoms with E-state index in [4.69, 9.17) is 11.6 Å². The largest absolute Gasteiger partial charge is 0.379 e. The first-order valence-corrected chi connectivity index (χ1v) is 7.84. The average Bonchev–Trinajstić information content (AvgIpc) is 2.50. The molecule has 0 radical (unpaired) electrons. The number of fused-ring (bicyclic) bond motifs is 1. The molecule has 2 nitrogen and oxygen atoms in total. The summed E-state index contributed by atoms with van der Waals surface area (Å²) in [6, 6.07) is 14.1. The van der Waals surface area contributed by atoms with Crippen LogP contribution in [0.25, 0.3) is 10.9 Å². The molecular formula is C17H14BrClN2. The van der Waals surface area contributed by atoms with Crippen LogP contribution in [0.3, 0.4) is 0 Å². The van der Waals surface area contributed by atoms with Crippen LogP contribution in [0.5, 0.6) is 0 Å².